The average Bonchev–Trinajstić information content (AvgIpc) is 2.73. The summed E-state index contributed by atoms with van der Waals surface area (Å²) >= 11 is 0. The molecule has 0 aliphatic heterocycles. The summed E-state index contributed by atoms with van der Waals surface area (Å²) in [5, 5.41) is 11.8. The molecule has 18 heavy (non-hydrogen) atoms. The van der Waals surface area contributed by atoms with Crippen LogP contribution in [0.1, 0.15) is 16.3 Å². The summed E-state index contributed by atoms with van der Waals surface area (Å²) in [6.45, 7) is 0.420. The van der Waals surface area contributed by atoms with Crippen molar-refractivity contribution >= 4 is 17.5 Å². The molecule has 0 radical (unpaired) electrons. The molecular weight excluding hydrogens is 234 g/mol. The topological polar surface area (TPSA) is 106 Å². The second-order valence-electron chi connectivity index (χ2n) is 3.75. The fraction of sp³-hybridized carbons (Fsp3) is 0.182. The number of carboxylic acids is 1. The van der Waals surface area contributed by atoms with E-state index >= 15 is 0 Å². The van der Waals surface area contributed by atoms with Crippen LogP contribution in [0.4, 0.5) is 11.5 Å². The number of nitrogens with one attached hydrogen (secondary N) is 1. The number of hydrogen-bond donors (Lipinski definition) is 3. The van der Waals surface area contributed by atoms with Gasteiger partial charge in [-0.05, 0) is 12.1 Å². The number of imidazole rings is 1. The molecule has 4 N–H and O–H groups in total. The van der Waals surface area contributed by atoms with Crippen LogP contribution in [0.15, 0.2) is 24.5 Å². The summed E-state index contributed by atoms with van der Waals surface area (Å²) in [7, 11) is 1.87. The van der Waals surface area contributed by atoms with E-state index in [4.69, 9.17) is 10.8 Å². The van der Waals surface area contributed by atoms with Crippen molar-refractivity contribution in [2.75, 3.05) is 11.1 Å². The number of nitrogens with two attached hydrogens (primary N) is 1. The molecule has 0 saturated carbocycles. The van der Waals surface area contributed by atoms with E-state index in [2.05, 4.69) is 15.3 Å². The number of hydrogen-bond acceptors (Lipinski definition) is 5. The Bertz CT molecular complexity index is 579. The van der Waals surface area contributed by atoms with Gasteiger partial charge < -0.3 is 20.7 Å². The lowest BCUT2D eigenvalue weighted by Gasteiger charge is -2.08. The third kappa shape index (κ3) is 2.40. The lowest BCUT2D eigenvalue weighted by atomic mass is 10.3. The number of anilines is 2. The third-order valence-electron chi connectivity index (χ3n) is 2.48. The highest BCUT2D eigenvalue weighted by atomic mass is 16.4. The van der Waals surface area contributed by atoms with Crippen LogP contribution < -0.4 is 11.1 Å². The molecule has 2 heterocycles. The van der Waals surface area contributed by atoms with Gasteiger partial charge in [0.25, 0.3) is 0 Å². The molecule has 0 amide bonds. The largest absolute Gasteiger partial charge is 0.477 e. The molecule has 0 saturated heterocycles. The lowest BCUT2D eigenvalue weighted by Crippen LogP contribution is -2.10. The monoisotopic (exact) mass is 247 g/mol. The molecule has 0 spiro atoms. The number of carboxylic acid groups (broad SMARTS) is 1. The van der Waals surface area contributed by atoms with Crippen molar-refractivity contribution in [1.29, 1.82) is 0 Å². The minimum Gasteiger partial charge on any atom is -0.477 e. The smallest absolute Gasteiger partial charge is 0.354 e. The van der Waals surface area contributed by atoms with Crippen LogP contribution >= 0.6 is 0 Å². The molecule has 94 valence electrons. The van der Waals surface area contributed by atoms with E-state index in [0.29, 0.717) is 18.1 Å². The summed E-state index contributed by atoms with van der Waals surface area (Å²) in [5.41, 5.74) is 6.07. The van der Waals surface area contributed by atoms with Crippen LogP contribution in [0.25, 0.3) is 0 Å². The maximum absolute atomic E-state index is 10.8. The second kappa shape index (κ2) is 4.74. The summed E-state index contributed by atoms with van der Waals surface area (Å²) in [6.07, 6.45) is 3.50. The fourth-order valence-corrected chi connectivity index (χ4v) is 1.46. The Balaban J connectivity index is 2.16. The standard InChI is InChI=1S/C11H13N5O2/c1-16-5-4-13-9(16)6-14-10-7(12)2-3-8(15-10)11(17)18/h2-5H,6,12H2,1H3,(H,14,15)(H,17,18). The molecule has 7 nitrogen and oxygen atoms in total. The van der Waals surface area contributed by atoms with E-state index in [1.165, 1.54) is 12.1 Å². The van der Waals surface area contributed by atoms with Crippen LogP contribution in [-0.4, -0.2) is 25.6 Å². The number of nitrogens with zero attached hydrogens (tertiary/aromatic N) is 3. The van der Waals surface area contributed by atoms with E-state index in [1.807, 2.05) is 17.8 Å². The van der Waals surface area contributed by atoms with E-state index in [9.17, 15) is 4.79 Å². The Hall–Kier alpha value is -2.57. The van der Waals surface area contributed by atoms with E-state index in [0.717, 1.165) is 5.82 Å². The number of nitrogen functional groups attached to an aromatic ring is 1. The molecule has 2 rings (SSSR count). The fourth-order valence-electron chi connectivity index (χ4n) is 1.46. The van der Waals surface area contributed by atoms with Crippen LogP contribution in [0.2, 0.25) is 0 Å². The summed E-state index contributed by atoms with van der Waals surface area (Å²) in [6, 6.07) is 2.88. The minimum absolute atomic E-state index is 0.0495. The van der Waals surface area contributed by atoms with Gasteiger partial charge in [0.15, 0.2) is 11.5 Å². The molecule has 7 heteroatoms. The molecular formula is C11H13N5O2. The Morgan fingerprint density at radius 2 is 2.33 bits per heavy atom. The molecule has 2 aromatic rings. The van der Waals surface area contributed by atoms with Crippen molar-refractivity contribution in [3.63, 3.8) is 0 Å². The van der Waals surface area contributed by atoms with Crippen LogP contribution in [0.5, 0.6) is 0 Å². The first-order chi connectivity index (χ1) is 8.58. The van der Waals surface area contributed by atoms with Gasteiger partial charge in [0.2, 0.25) is 0 Å². The van der Waals surface area contributed by atoms with Crippen LogP contribution in [0, 0.1) is 0 Å². The summed E-state index contributed by atoms with van der Waals surface area (Å²) in [5.74, 6) is 0.0601. The van der Waals surface area contributed by atoms with Crippen molar-refractivity contribution in [3.05, 3.63) is 36.0 Å². The van der Waals surface area contributed by atoms with Gasteiger partial charge in [-0.2, -0.15) is 0 Å². The van der Waals surface area contributed by atoms with E-state index in [1.54, 1.807) is 6.20 Å². The zero-order chi connectivity index (χ0) is 13.1. The molecule has 0 aliphatic carbocycles. The quantitative estimate of drug-likeness (QED) is 0.734. The molecule has 0 fully saturated rings. The van der Waals surface area contributed by atoms with Crippen LogP contribution in [0.3, 0.4) is 0 Å². The Morgan fingerprint density at radius 3 is 2.94 bits per heavy atom. The van der Waals surface area contributed by atoms with Crippen molar-refractivity contribution in [3.8, 4) is 0 Å². The number of aryl methyl sites for hydroxylation is 1. The average molecular weight is 247 g/mol. The van der Waals surface area contributed by atoms with Gasteiger partial charge in [-0.1, -0.05) is 0 Å². The van der Waals surface area contributed by atoms with E-state index < -0.39 is 5.97 Å². The van der Waals surface area contributed by atoms with Crippen LogP contribution in [-0.2, 0) is 13.6 Å². The minimum atomic E-state index is -1.09. The normalized spacial score (nSPS) is 10.3. The van der Waals surface area contributed by atoms with E-state index in [-0.39, 0.29) is 5.69 Å². The number of aromatic nitrogens is 3. The Morgan fingerprint density at radius 1 is 1.56 bits per heavy atom. The maximum atomic E-state index is 10.8. The number of carbonyl (C=O) groups is 1. The maximum Gasteiger partial charge on any atom is 0.354 e. The van der Waals surface area contributed by atoms with Crippen molar-refractivity contribution < 1.29 is 9.90 Å². The highest BCUT2D eigenvalue weighted by molar-refractivity contribution is 5.86. The van der Waals surface area contributed by atoms with Crippen molar-refractivity contribution in [2.24, 2.45) is 7.05 Å². The zero-order valence-electron chi connectivity index (χ0n) is 9.79. The van der Waals surface area contributed by atoms with Crippen molar-refractivity contribution in [1.82, 2.24) is 14.5 Å². The van der Waals surface area contributed by atoms with Gasteiger partial charge in [-0.15, -0.1) is 0 Å². The second-order valence-corrected chi connectivity index (χ2v) is 3.75. The molecule has 0 unspecified atom stereocenters. The van der Waals surface area contributed by atoms with Gasteiger partial charge in [-0.3, -0.25) is 0 Å². The lowest BCUT2D eigenvalue weighted by molar-refractivity contribution is 0.0690. The number of aromatic carboxylic acids is 1. The van der Waals surface area contributed by atoms with Gasteiger partial charge in [-0.25, -0.2) is 14.8 Å². The molecule has 0 bridgehead atoms. The Kier molecular flexibility index (Phi) is 3.13. The predicted molar refractivity (Wildman–Crippen MR) is 66.1 cm³/mol. The predicted octanol–water partition coefficient (Wildman–Crippen LogP) is 0.708. The highest BCUT2D eigenvalue weighted by Gasteiger charge is 2.09. The van der Waals surface area contributed by atoms with Gasteiger partial charge in [0.1, 0.15) is 5.82 Å². The highest BCUT2D eigenvalue weighted by Crippen LogP contribution is 2.16. The van der Waals surface area contributed by atoms with Crippen molar-refractivity contribution in [2.45, 2.75) is 6.54 Å². The molecule has 2 aromatic heterocycles. The first kappa shape index (κ1) is 11.9. The molecule has 0 aromatic carbocycles. The van der Waals surface area contributed by atoms with Gasteiger partial charge in [0.05, 0.1) is 12.2 Å². The summed E-state index contributed by atoms with van der Waals surface area (Å²) < 4.78 is 1.85. The SMILES string of the molecule is Cn1ccnc1CNc1nc(C(=O)O)ccc1N. The number of pyridine rings is 1. The number of rotatable bonds is 4. The zero-order valence-corrected chi connectivity index (χ0v) is 9.79. The molecule has 0 aliphatic rings. The Labute approximate surface area is 103 Å². The summed E-state index contributed by atoms with van der Waals surface area (Å²) in [4.78, 5) is 18.9. The first-order valence-corrected chi connectivity index (χ1v) is 5.28. The third-order valence-corrected chi connectivity index (χ3v) is 2.48. The first-order valence-electron chi connectivity index (χ1n) is 5.28. The van der Waals surface area contributed by atoms with Gasteiger partial charge in [0, 0.05) is 19.4 Å². The molecule has 0 atom stereocenters. The van der Waals surface area contributed by atoms with Gasteiger partial charge >= 0.3 is 5.97 Å².